The predicted molar refractivity (Wildman–Crippen MR) is 130 cm³/mol. The number of hydrogen-bond donors (Lipinski definition) is 2. The maximum atomic E-state index is 12.5. The van der Waals surface area contributed by atoms with Crippen LogP contribution in [0.4, 0.5) is 4.79 Å². The minimum Gasteiger partial charge on any atom is -0.480 e. The molecule has 0 spiro atoms. The van der Waals surface area contributed by atoms with Gasteiger partial charge < -0.3 is 25.0 Å². The molecule has 0 radical (unpaired) electrons. The summed E-state index contributed by atoms with van der Waals surface area (Å²) < 4.78 is 5.05. The molecule has 182 valence electrons. The van der Waals surface area contributed by atoms with Crippen LogP contribution in [0.5, 0.6) is 0 Å². The molecule has 10 heteroatoms. The van der Waals surface area contributed by atoms with Crippen LogP contribution in [0.2, 0.25) is 0 Å². The molecule has 0 aliphatic carbocycles. The summed E-state index contributed by atoms with van der Waals surface area (Å²) in [6.07, 6.45) is 7.65. The van der Waals surface area contributed by atoms with Gasteiger partial charge in [-0.3, -0.25) is 4.79 Å². The minimum absolute atomic E-state index is 0. The van der Waals surface area contributed by atoms with Gasteiger partial charge in [-0.2, -0.15) is 0 Å². The number of carboxylic acids is 1. The largest absolute Gasteiger partial charge is 0.480 e. The van der Waals surface area contributed by atoms with Gasteiger partial charge in [-0.25, -0.2) is 9.59 Å². The lowest BCUT2D eigenvalue weighted by Gasteiger charge is -2.31. The van der Waals surface area contributed by atoms with E-state index < -0.39 is 12.0 Å². The molecule has 2 atom stereocenters. The fourth-order valence-corrected chi connectivity index (χ4v) is 4.30. The Morgan fingerprint density at radius 3 is 2.35 bits per heavy atom. The number of unbranched alkanes of at least 4 members (excludes halogenated alkanes) is 2. The monoisotopic (exact) mass is 571 g/mol. The number of rotatable bonds is 10. The van der Waals surface area contributed by atoms with Gasteiger partial charge in [-0.05, 0) is 58.4 Å². The SMILES string of the molecule is Br.Br.CCOC(=O)N1CCC(CCCCCN[C@@H](C)C(=O)N2CCC[C@H]2C(=O)O)CC1. The molecule has 2 rings (SSSR count). The minimum atomic E-state index is -0.906. The van der Waals surface area contributed by atoms with Gasteiger partial charge in [0.1, 0.15) is 6.04 Å². The molecule has 0 aromatic rings. The zero-order chi connectivity index (χ0) is 21.2. The third kappa shape index (κ3) is 9.65. The number of halogens is 2. The summed E-state index contributed by atoms with van der Waals surface area (Å²) in [6.45, 7) is 6.95. The third-order valence-corrected chi connectivity index (χ3v) is 6.07. The molecule has 2 N–H and O–H groups in total. The number of piperidine rings is 1. The highest BCUT2D eigenvalue weighted by molar-refractivity contribution is 8.93. The fraction of sp³-hybridized carbons (Fsp3) is 0.857. The molecular formula is C21H39Br2N3O5. The van der Waals surface area contributed by atoms with Crippen molar-refractivity contribution in [2.45, 2.75) is 77.3 Å². The summed E-state index contributed by atoms with van der Waals surface area (Å²) in [5.74, 6) is -0.336. The number of nitrogens with one attached hydrogen (secondary N) is 1. The molecule has 2 aliphatic rings. The number of likely N-dealkylation sites (tertiary alicyclic amines) is 2. The van der Waals surface area contributed by atoms with Crippen molar-refractivity contribution in [1.82, 2.24) is 15.1 Å². The first-order chi connectivity index (χ1) is 13.9. The summed E-state index contributed by atoms with van der Waals surface area (Å²) in [5, 5.41) is 12.5. The standard InChI is InChI=1S/C21H37N3O5.2BrH/c1-3-29-21(28)23-14-10-17(11-15-23)8-5-4-6-12-22-16(2)19(25)24-13-7-9-18(24)20(26)27;;/h16-18,22H,3-15H2,1-2H3,(H,26,27);2*1H/t16-,18-;;/m0../s1. The van der Waals surface area contributed by atoms with Crippen molar-refractivity contribution in [2.24, 2.45) is 5.92 Å². The smallest absolute Gasteiger partial charge is 0.409 e. The summed E-state index contributed by atoms with van der Waals surface area (Å²) >= 11 is 0. The zero-order valence-corrected chi connectivity index (χ0v) is 22.1. The highest BCUT2D eigenvalue weighted by atomic mass is 79.9. The fourth-order valence-electron chi connectivity index (χ4n) is 4.30. The maximum absolute atomic E-state index is 12.5. The van der Waals surface area contributed by atoms with Crippen LogP contribution >= 0.6 is 34.0 Å². The Morgan fingerprint density at radius 1 is 1.06 bits per heavy atom. The molecule has 0 aromatic carbocycles. The van der Waals surface area contributed by atoms with Crippen molar-refractivity contribution in [3.8, 4) is 0 Å². The van der Waals surface area contributed by atoms with E-state index in [1.807, 2.05) is 13.8 Å². The number of carbonyl (C=O) groups is 3. The van der Waals surface area contributed by atoms with Gasteiger partial charge in [0.2, 0.25) is 5.91 Å². The Balaban J connectivity index is 0.00000450. The molecule has 2 aliphatic heterocycles. The van der Waals surface area contributed by atoms with Gasteiger partial charge in [0, 0.05) is 19.6 Å². The van der Waals surface area contributed by atoms with Crippen LogP contribution in [-0.2, 0) is 14.3 Å². The van der Waals surface area contributed by atoms with E-state index in [9.17, 15) is 19.5 Å². The number of amides is 2. The quantitative estimate of drug-likeness (QED) is 0.388. The van der Waals surface area contributed by atoms with Crippen LogP contribution in [0.1, 0.15) is 65.2 Å². The molecule has 2 amide bonds. The van der Waals surface area contributed by atoms with Gasteiger partial charge >= 0.3 is 12.1 Å². The molecule has 2 heterocycles. The Hall–Kier alpha value is -0.870. The Kier molecular flexibility index (Phi) is 15.4. The van der Waals surface area contributed by atoms with E-state index in [0.717, 1.165) is 58.2 Å². The maximum Gasteiger partial charge on any atom is 0.409 e. The van der Waals surface area contributed by atoms with Gasteiger partial charge in [0.05, 0.1) is 12.6 Å². The Bertz CT molecular complexity index is 559. The van der Waals surface area contributed by atoms with Crippen molar-refractivity contribution in [3.63, 3.8) is 0 Å². The van der Waals surface area contributed by atoms with E-state index in [1.54, 1.807) is 4.90 Å². The number of carbonyl (C=O) groups excluding carboxylic acids is 2. The molecule has 0 saturated carbocycles. The molecule has 0 aromatic heterocycles. The number of carboxylic acid groups (broad SMARTS) is 1. The Labute approximate surface area is 207 Å². The first kappa shape index (κ1) is 30.1. The van der Waals surface area contributed by atoms with Crippen LogP contribution in [-0.4, -0.2) is 77.7 Å². The molecule has 31 heavy (non-hydrogen) atoms. The van der Waals surface area contributed by atoms with E-state index in [0.29, 0.717) is 25.5 Å². The molecule has 2 saturated heterocycles. The molecular weight excluding hydrogens is 534 g/mol. The second-order valence-corrected chi connectivity index (χ2v) is 8.18. The van der Waals surface area contributed by atoms with Crippen molar-refractivity contribution >= 4 is 51.9 Å². The van der Waals surface area contributed by atoms with Crippen LogP contribution in [0, 0.1) is 5.92 Å². The first-order valence-corrected chi connectivity index (χ1v) is 11.1. The van der Waals surface area contributed by atoms with Crippen LogP contribution in [0.25, 0.3) is 0 Å². The second kappa shape index (κ2) is 15.9. The average molecular weight is 573 g/mol. The lowest BCUT2D eigenvalue weighted by Crippen LogP contribution is -2.49. The van der Waals surface area contributed by atoms with Crippen LogP contribution in [0.15, 0.2) is 0 Å². The normalized spacial score (nSPS) is 19.9. The molecule has 8 nitrogen and oxygen atoms in total. The van der Waals surface area contributed by atoms with Crippen LogP contribution < -0.4 is 5.32 Å². The van der Waals surface area contributed by atoms with Gasteiger partial charge in [0.25, 0.3) is 0 Å². The summed E-state index contributed by atoms with van der Waals surface area (Å²) in [6, 6.07) is -1.01. The van der Waals surface area contributed by atoms with Crippen LogP contribution in [0.3, 0.4) is 0 Å². The van der Waals surface area contributed by atoms with Crippen molar-refractivity contribution < 1.29 is 24.2 Å². The molecule has 0 bridgehead atoms. The number of nitrogens with zero attached hydrogens (tertiary/aromatic N) is 2. The van der Waals surface area contributed by atoms with Crippen molar-refractivity contribution in [1.29, 1.82) is 0 Å². The van der Waals surface area contributed by atoms with E-state index >= 15 is 0 Å². The topological polar surface area (TPSA) is 99.2 Å². The first-order valence-electron chi connectivity index (χ1n) is 11.1. The van der Waals surface area contributed by atoms with Gasteiger partial charge in [-0.1, -0.05) is 19.3 Å². The Morgan fingerprint density at radius 2 is 1.74 bits per heavy atom. The van der Waals surface area contributed by atoms with E-state index in [2.05, 4.69) is 5.32 Å². The molecule has 0 unspecified atom stereocenters. The van der Waals surface area contributed by atoms with Crippen molar-refractivity contribution in [3.05, 3.63) is 0 Å². The highest BCUT2D eigenvalue weighted by Gasteiger charge is 2.35. The summed E-state index contributed by atoms with van der Waals surface area (Å²) in [7, 11) is 0. The highest BCUT2D eigenvalue weighted by Crippen LogP contribution is 2.23. The van der Waals surface area contributed by atoms with Gasteiger partial charge in [-0.15, -0.1) is 34.0 Å². The predicted octanol–water partition coefficient (Wildman–Crippen LogP) is 3.62. The van der Waals surface area contributed by atoms with Gasteiger partial charge in [0.15, 0.2) is 0 Å². The zero-order valence-electron chi connectivity index (χ0n) is 18.7. The van der Waals surface area contributed by atoms with E-state index in [4.69, 9.17) is 4.74 Å². The molecule has 2 fully saturated rings. The number of hydrogen-bond acceptors (Lipinski definition) is 5. The van der Waals surface area contributed by atoms with E-state index in [-0.39, 0.29) is 52.0 Å². The number of aliphatic carboxylic acids is 1. The third-order valence-electron chi connectivity index (χ3n) is 6.07. The summed E-state index contributed by atoms with van der Waals surface area (Å²) in [4.78, 5) is 38.7. The van der Waals surface area contributed by atoms with Crippen molar-refractivity contribution in [2.75, 3.05) is 32.8 Å². The summed E-state index contributed by atoms with van der Waals surface area (Å²) in [5.41, 5.74) is 0. The lowest BCUT2D eigenvalue weighted by atomic mass is 9.91. The average Bonchev–Trinajstić information content (AvgIpc) is 3.20. The lowest BCUT2D eigenvalue weighted by molar-refractivity contribution is -0.148. The number of ether oxygens (including phenoxy) is 1. The second-order valence-electron chi connectivity index (χ2n) is 8.18. The van der Waals surface area contributed by atoms with E-state index in [1.165, 1.54) is 11.3 Å².